The Morgan fingerprint density at radius 1 is 1.27 bits per heavy atom. The molecule has 1 aromatic rings. The molecule has 1 aliphatic rings. The van der Waals surface area contributed by atoms with Gasteiger partial charge in [-0.1, -0.05) is 48.9 Å². The lowest BCUT2D eigenvalue weighted by atomic mass is 10.0. The molecule has 56 valence electrons. The molecule has 1 aliphatic carbocycles. The van der Waals surface area contributed by atoms with Gasteiger partial charge in [-0.05, 0) is 11.1 Å². The average molecular weight is 165 g/mol. The number of rotatable bonds is 0. The van der Waals surface area contributed by atoms with Crippen molar-refractivity contribution in [2.24, 2.45) is 0 Å². The van der Waals surface area contributed by atoms with E-state index in [1.165, 1.54) is 11.1 Å². The van der Waals surface area contributed by atoms with E-state index >= 15 is 0 Å². The minimum atomic E-state index is 0.485. The number of hydrogen-bond acceptors (Lipinski definition) is 0. The predicted molar refractivity (Wildman–Crippen MR) is 48.7 cm³/mol. The molecule has 0 N–H and O–H groups in total. The third-order valence-electron chi connectivity index (χ3n) is 2.10. The molecule has 0 amide bonds. The molecule has 1 heteroatoms. The van der Waals surface area contributed by atoms with Crippen molar-refractivity contribution in [3.8, 4) is 0 Å². The Kier molecular flexibility index (Phi) is 1.50. The first-order valence-electron chi connectivity index (χ1n) is 3.75. The fourth-order valence-corrected chi connectivity index (χ4v) is 1.87. The van der Waals surface area contributed by atoms with Crippen LogP contribution in [0.1, 0.15) is 24.0 Å². The summed E-state index contributed by atoms with van der Waals surface area (Å²) in [6, 6.07) is 8.27. The summed E-state index contributed by atoms with van der Waals surface area (Å²) in [6.07, 6.45) is 2.09. The molecular weight excluding hydrogens is 156 g/mol. The van der Waals surface area contributed by atoms with Crippen molar-refractivity contribution >= 4 is 16.6 Å². The van der Waals surface area contributed by atoms with Crippen LogP contribution in [0.4, 0.5) is 0 Å². The van der Waals surface area contributed by atoms with Crippen LogP contribution in [-0.4, -0.2) is 0 Å². The van der Waals surface area contributed by atoms with Gasteiger partial charge in [-0.15, -0.1) is 0 Å². The maximum absolute atomic E-state index is 6.00. The van der Waals surface area contributed by atoms with Gasteiger partial charge in [0.05, 0.1) is 0 Å². The van der Waals surface area contributed by atoms with Crippen molar-refractivity contribution < 1.29 is 0 Å². The van der Waals surface area contributed by atoms with Crippen molar-refractivity contribution in [2.45, 2.75) is 12.8 Å². The highest BCUT2D eigenvalue weighted by atomic mass is 35.5. The smallest absolute Gasteiger partial charge is 0.0447 e. The van der Waals surface area contributed by atoms with Gasteiger partial charge >= 0.3 is 0 Å². The minimum absolute atomic E-state index is 0.485. The van der Waals surface area contributed by atoms with E-state index in [9.17, 15) is 0 Å². The maximum Gasteiger partial charge on any atom is 0.0447 e. The van der Waals surface area contributed by atoms with Gasteiger partial charge in [-0.2, -0.15) is 0 Å². The Morgan fingerprint density at radius 2 is 2.00 bits per heavy atom. The van der Waals surface area contributed by atoms with Gasteiger partial charge in [0.2, 0.25) is 0 Å². The molecular formula is C10H9Cl. The van der Waals surface area contributed by atoms with E-state index in [1.807, 2.05) is 6.07 Å². The van der Waals surface area contributed by atoms with Crippen LogP contribution in [0.2, 0.25) is 0 Å². The second kappa shape index (κ2) is 2.38. The van der Waals surface area contributed by atoms with Gasteiger partial charge < -0.3 is 0 Å². The summed E-state index contributed by atoms with van der Waals surface area (Å²) < 4.78 is 0. The zero-order valence-electron chi connectivity index (χ0n) is 6.34. The largest absolute Gasteiger partial charge is 0.0840 e. The number of hydrogen-bond donors (Lipinski definition) is 0. The third kappa shape index (κ3) is 0.982. The van der Waals surface area contributed by atoms with E-state index in [2.05, 4.69) is 31.2 Å². The van der Waals surface area contributed by atoms with Gasteiger partial charge in [0.1, 0.15) is 0 Å². The molecule has 0 fully saturated rings. The van der Waals surface area contributed by atoms with Crippen LogP contribution in [0, 0.1) is 0 Å². The van der Waals surface area contributed by atoms with Crippen LogP contribution in [0.5, 0.6) is 0 Å². The van der Waals surface area contributed by atoms with E-state index in [0.29, 0.717) is 5.92 Å². The number of benzene rings is 1. The summed E-state index contributed by atoms with van der Waals surface area (Å²) in [5.41, 5.74) is 2.54. The van der Waals surface area contributed by atoms with Crippen molar-refractivity contribution in [2.75, 3.05) is 0 Å². The van der Waals surface area contributed by atoms with E-state index < -0.39 is 0 Å². The molecule has 1 unspecified atom stereocenters. The molecule has 0 heterocycles. The number of allylic oxidation sites excluding steroid dienone is 1. The normalized spacial score (nSPS) is 21.3. The van der Waals surface area contributed by atoms with Crippen molar-refractivity contribution in [1.82, 2.24) is 0 Å². The molecule has 0 aliphatic heterocycles. The van der Waals surface area contributed by atoms with E-state index in [1.54, 1.807) is 0 Å². The highest BCUT2D eigenvalue weighted by Gasteiger charge is 2.16. The van der Waals surface area contributed by atoms with Gasteiger partial charge in [-0.25, -0.2) is 0 Å². The van der Waals surface area contributed by atoms with Crippen LogP contribution in [-0.2, 0) is 0 Å². The van der Waals surface area contributed by atoms with E-state index in [0.717, 1.165) is 5.03 Å². The topological polar surface area (TPSA) is 0 Å². The lowest BCUT2D eigenvalue weighted by Gasteiger charge is -2.01. The molecule has 11 heavy (non-hydrogen) atoms. The van der Waals surface area contributed by atoms with Crippen molar-refractivity contribution in [3.05, 3.63) is 41.5 Å². The van der Waals surface area contributed by atoms with E-state index in [-0.39, 0.29) is 0 Å². The Labute approximate surface area is 71.5 Å². The zero-order chi connectivity index (χ0) is 7.84. The Hall–Kier alpha value is -0.750. The van der Waals surface area contributed by atoms with E-state index in [4.69, 9.17) is 11.6 Å². The second-order valence-corrected chi connectivity index (χ2v) is 3.30. The van der Waals surface area contributed by atoms with Gasteiger partial charge in [0, 0.05) is 11.0 Å². The first kappa shape index (κ1) is 6.93. The summed E-state index contributed by atoms with van der Waals surface area (Å²) in [6.45, 7) is 2.16. The molecule has 0 spiro atoms. The molecule has 0 aromatic heterocycles. The third-order valence-corrected chi connectivity index (χ3v) is 2.43. The maximum atomic E-state index is 6.00. The second-order valence-electron chi connectivity index (χ2n) is 2.89. The lowest BCUT2D eigenvalue weighted by molar-refractivity contribution is 0.990. The average Bonchev–Trinajstić information content (AvgIpc) is 2.30. The zero-order valence-corrected chi connectivity index (χ0v) is 7.10. The number of fused-ring (bicyclic) bond motifs is 1. The van der Waals surface area contributed by atoms with Crippen molar-refractivity contribution in [1.29, 1.82) is 0 Å². The Morgan fingerprint density at radius 3 is 2.73 bits per heavy atom. The fraction of sp³-hybridized carbons (Fsp3) is 0.200. The quantitative estimate of drug-likeness (QED) is 0.552. The Bertz CT molecular complexity index is 312. The van der Waals surface area contributed by atoms with Crippen molar-refractivity contribution in [3.63, 3.8) is 0 Å². The van der Waals surface area contributed by atoms with Gasteiger partial charge in [0.15, 0.2) is 0 Å². The SMILES string of the molecule is CC1C=C(Cl)c2ccccc21. The molecule has 0 bridgehead atoms. The predicted octanol–water partition coefficient (Wildman–Crippen LogP) is 3.38. The summed E-state index contributed by atoms with van der Waals surface area (Å²) in [4.78, 5) is 0. The Balaban J connectivity index is 2.62. The summed E-state index contributed by atoms with van der Waals surface area (Å²) >= 11 is 6.00. The van der Waals surface area contributed by atoms with Gasteiger partial charge in [-0.3, -0.25) is 0 Å². The summed E-state index contributed by atoms with van der Waals surface area (Å²) in [7, 11) is 0. The fourth-order valence-electron chi connectivity index (χ4n) is 1.51. The van der Waals surface area contributed by atoms with Crippen LogP contribution < -0.4 is 0 Å². The first-order chi connectivity index (χ1) is 5.29. The standard InChI is InChI=1S/C10H9Cl/c1-7-6-10(11)9-5-3-2-4-8(7)9/h2-7H,1H3. The highest BCUT2D eigenvalue weighted by molar-refractivity contribution is 6.49. The first-order valence-corrected chi connectivity index (χ1v) is 4.13. The molecule has 1 atom stereocenters. The molecule has 2 rings (SSSR count). The highest BCUT2D eigenvalue weighted by Crippen LogP contribution is 2.37. The molecule has 0 saturated carbocycles. The molecule has 1 aromatic carbocycles. The van der Waals surface area contributed by atoms with Crippen LogP contribution >= 0.6 is 11.6 Å². The molecule has 0 radical (unpaired) electrons. The van der Waals surface area contributed by atoms with Crippen LogP contribution in [0.3, 0.4) is 0 Å². The van der Waals surface area contributed by atoms with Gasteiger partial charge in [0.25, 0.3) is 0 Å². The number of halogens is 1. The monoisotopic (exact) mass is 164 g/mol. The lowest BCUT2D eigenvalue weighted by Crippen LogP contribution is -1.84. The molecule has 0 saturated heterocycles. The summed E-state index contributed by atoms with van der Waals surface area (Å²) in [5, 5.41) is 0.896. The van der Waals surface area contributed by atoms with Crippen LogP contribution in [0.15, 0.2) is 30.3 Å². The summed E-state index contributed by atoms with van der Waals surface area (Å²) in [5.74, 6) is 0.485. The minimum Gasteiger partial charge on any atom is -0.0840 e. The molecule has 0 nitrogen and oxygen atoms in total. The van der Waals surface area contributed by atoms with Crippen LogP contribution in [0.25, 0.3) is 5.03 Å².